The van der Waals surface area contributed by atoms with Gasteiger partial charge in [-0.2, -0.15) is 5.26 Å². The van der Waals surface area contributed by atoms with Gasteiger partial charge in [-0.3, -0.25) is 0 Å². The van der Waals surface area contributed by atoms with Crippen molar-refractivity contribution < 1.29 is 5.11 Å². The minimum atomic E-state index is -0.0492. The molecule has 0 heterocycles. The van der Waals surface area contributed by atoms with E-state index in [0.717, 1.165) is 12.8 Å². The van der Waals surface area contributed by atoms with E-state index in [4.69, 9.17) is 10.4 Å². The first-order valence-electron chi connectivity index (χ1n) is 2.76. The second kappa shape index (κ2) is 4.61. The molecule has 0 fully saturated rings. The fraction of sp³-hybridized carbons (Fsp3) is 0.667. The van der Waals surface area contributed by atoms with Gasteiger partial charge in [0.1, 0.15) is 6.07 Å². The summed E-state index contributed by atoms with van der Waals surface area (Å²) in [7, 11) is 0. The number of hydrogen-bond donors (Lipinski definition) is 1. The van der Waals surface area contributed by atoms with E-state index in [2.05, 4.69) is 0 Å². The molecule has 0 aromatic rings. The fourth-order valence-electron chi connectivity index (χ4n) is 0.400. The summed E-state index contributed by atoms with van der Waals surface area (Å²) in [5.74, 6) is 0. The maximum absolute atomic E-state index is 8.54. The third kappa shape index (κ3) is 3.63. The molecule has 45 valence electrons. The van der Waals surface area contributed by atoms with Gasteiger partial charge in [0, 0.05) is 0 Å². The van der Waals surface area contributed by atoms with Gasteiger partial charge in [-0.05, 0) is 12.8 Å². The van der Waals surface area contributed by atoms with E-state index in [1.165, 1.54) is 0 Å². The lowest BCUT2D eigenvalue weighted by Crippen LogP contribution is -1.89. The van der Waals surface area contributed by atoms with Crippen molar-refractivity contribution in [2.24, 2.45) is 0 Å². The third-order valence-electron chi connectivity index (χ3n) is 0.896. The van der Waals surface area contributed by atoms with E-state index in [0.29, 0.717) is 6.42 Å². The van der Waals surface area contributed by atoms with Gasteiger partial charge in [-0.25, -0.2) is 0 Å². The zero-order chi connectivity index (χ0) is 6.41. The zero-order valence-electron chi connectivity index (χ0n) is 5.02. The van der Waals surface area contributed by atoms with Gasteiger partial charge in [0.05, 0.1) is 0 Å². The molecular weight excluding hydrogens is 102 g/mol. The Morgan fingerprint density at radius 2 is 2.38 bits per heavy atom. The normalized spacial score (nSPS) is 9.25. The van der Waals surface area contributed by atoms with Crippen LogP contribution >= 0.6 is 0 Å². The highest BCUT2D eigenvalue weighted by molar-refractivity contribution is 4.99. The first-order chi connectivity index (χ1) is 3.81. The molecule has 1 radical (unpaired) electrons. The molecule has 0 unspecified atom stereocenters. The Morgan fingerprint density at radius 1 is 1.75 bits per heavy atom. The smallest absolute Gasteiger partial charge is 0.193 e. The maximum atomic E-state index is 8.54. The summed E-state index contributed by atoms with van der Waals surface area (Å²) < 4.78 is 0. The summed E-state index contributed by atoms with van der Waals surface area (Å²) in [6.45, 7) is 2.02. The molecule has 0 aromatic heterocycles. The summed E-state index contributed by atoms with van der Waals surface area (Å²) >= 11 is 0. The van der Waals surface area contributed by atoms with Gasteiger partial charge < -0.3 is 5.11 Å². The Hall–Kier alpha value is -0.550. The standard InChI is InChI=1S/C6H10NO/c1-2-3-4-6(8)5-7/h8H,2-4H2,1H3. The molecule has 0 saturated heterocycles. The van der Waals surface area contributed by atoms with E-state index in [1.807, 2.05) is 6.92 Å². The Balaban J connectivity index is 3.02. The van der Waals surface area contributed by atoms with Crippen LogP contribution in [0.4, 0.5) is 0 Å². The van der Waals surface area contributed by atoms with Gasteiger partial charge in [0.25, 0.3) is 0 Å². The first kappa shape index (κ1) is 7.45. The van der Waals surface area contributed by atoms with Crippen LogP contribution in [0.3, 0.4) is 0 Å². The molecule has 0 atom stereocenters. The zero-order valence-corrected chi connectivity index (χ0v) is 5.02. The molecule has 0 saturated carbocycles. The monoisotopic (exact) mass is 112 g/mol. The highest BCUT2D eigenvalue weighted by Gasteiger charge is 1.99. The van der Waals surface area contributed by atoms with E-state index in [9.17, 15) is 0 Å². The molecule has 2 nitrogen and oxygen atoms in total. The topological polar surface area (TPSA) is 44.0 Å². The van der Waals surface area contributed by atoms with Crippen LogP contribution in [0.1, 0.15) is 26.2 Å². The van der Waals surface area contributed by atoms with Crippen LogP contribution in [0, 0.1) is 17.4 Å². The minimum absolute atomic E-state index is 0.0492. The second-order valence-corrected chi connectivity index (χ2v) is 1.66. The lowest BCUT2D eigenvalue weighted by Gasteiger charge is -1.94. The molecule has 0 rings (SSSR count). The molecule has 0 spiro atoms. The average Bonchev–Trinajstić information content (AvgIpc) is 1.83. The van der Waals surface area contributed by atoms with E-state index in [1.54, 1.807) is 6.07 Å². The SMILES string of the molecule is CCCC[C](O)C#N. The van der Waals surface area contributed by atoms with Crippen molar-refractivity contribution in [2.45, 2.75) is 26.2 Å². The van der Waals surface area contributed by atoms with Gasteiger partial charge in [-0.15, -0.1) is 0 Å². The maximum Gasteiger partial charge on any atom is 0.193 e. The van der Waals surface area contributed by atoms with E-state index >= 15 is 0 Å². The van der Waals surface area contributed by atoms with Crippen molar-refractivity contribution in [3.05, 3.63) is 6.10 Å². The molecule has 1 N–H and O–H groups in total. The number of nitriles is 1. The van der Waals surface area contributed by atoms with Crippen LogP contribution in [-0.2, 0) is 0 Å². The predicted octanol–water partition coefficient (Wildman–Crippen LogP) is 1.60. The summed E-state index contributed by atoms with van der Waals surface area (Å²) in [6.07, 6.45) is 2.41. The van der Waals surface area contributed by atoms with Crippen LogP contribution in [0.5, 0.6) is 0 Å². The van der Waals surface area contributed by atoms with Crippen LogP contribution < -0.4 is 0 Å². The molecule has 8 heavy (non-hydrogen) atoms. The van der Waals surface area contributed by atoms with E-state index < -0.39 is 0 Å². The molecular formula is C6H10NO. The molecule has 0 aliphatic rings. The Morgan fingerprint density at radius 3 is 2.75 bits per heavy atom. The quantitative estimate of drug-likeness (QED) is 0.563. The molecule has 0 bridgehead atoms. The van der Waals surface area contributed by atoms with Crippen molar-refractivity contribution in [3.63, 3.8) is 0 Å². The first-order valence-corrected chi connectivity index (χ1v) is 2.76. The highest BCUT2D eigenvalue weighted by Crippen LogP contribution is 2.03. The molecule has 0 aliphatic carbocycles. The van der Waals surface area contributed by atoms with Gasteiger partial charge >= 0.3 is 0 Å². The number of hydrogen-bond acceptors (Lipinski definition) is 2. The predicted molar refractivity (Wildman–Crippen MR) is 30.3 cm³/mol. The summed E-state index contributed by atoms with van der Waals surface area (Å²) in [4.78, 5) is 0. The molecule has 0 aromatic carbocycles. The Kier molecular flexibility index (Phi) is 4.29. The molecule has 0 aliphatic heterocycles. The van der Waals surface area contributed by atoms with Crippen molar-refractivity contribution >= 4 is 0 Å². The van der Waals surface area contributed by atoms with Crippen molar-refractivity contribution in [3.8, 4) is 6.07 Å². The van der Waals surface area contributed by atoms with Gasteiger partial charge in [0.15, 0.2) is 6.10 Å². The number of nitrogens with zero attached hydrogens (tertiary/aromatic N) is 1. The second-order valence-electron chi connectivity index (χ2n) is 1.66. The summed E-state index contributed by atoms with van der Waals surface area (Å²) in [5, 5.41) is 16.6. The van der Waals surface area contributed by atoms with Crippen LogP contribution in [-0.4, -0.2) is 5.11 Å². The van der Waals surface area contributed by atoms with Crippen LogP contribution in [0.25, 0.3) is 0 Å². The van der Waals surface area contributed by atoms with Crippen molar-refractivity contribution in [2.75, 3.05) is 0 Å². The number of unbranched alkanes of at least 4 members (excludes halogenated alkanes) is 1. The average molecular weight is 112 g/mol. The fourth-order valence-corrected chi connectivity index (χ4v) is 0.400. The lowest BCUT2D eigenvalue weighted by atomic mass is 10.2. The van der Waals surface area contributed by atoms with Crippen molar-refractivity contribution in [1.29, 1.82) is 5.26 Å². The molecule has 0 amide bonds. The van der Waals surface area contributed by atoms with E-state index in [-0.39, 0.29) is 6.10 Å². The Labute approximate surface area is 49.8 Å². The lowest BCUT2D eigenvalue weighted by molar-refractivity contribution is 0.320. The van der Waals surface area contributed by atoms with Crippen LogP contribution in [0.15, 0.2) is 0 Å². The summed E-state index contributed by atoms with van der Waals surface area (Å²) in [5.41, 5.74) is 0. The molecule has 2 heteroatoms. The largest absolute Gasteiger partial charge is 0.372 e. The number of rotatable bonds is 3. The Bertz CT molecular complexity index is 85.0. The number of aliphatic hydroxyl groups is 1. The highest BCUT2D eigenvalue weighted by atomic mass is 16.3. The summed E-state index contributed by atoms with van der Waals surface area (Å²) in [6, 6.07) is 1.67. The van der Waals surface area contributed by atoms with Gasteiger partial charge in [-0.1, -0.05) is 13.3 Å². The number of aliphatic hydroxyl groups excluding tert-OH is 1. The van der Waals surface area contributed by atoms with Crippen molar-refractivity contribution in [1.82, 2.24) is 0 Å². The van der Waals surface area contributed by atoms with Crippen LogP contribution in [0.2, 0.25) is 0 Å². The van der Waals surface area contributed by atoms with Gasteiger partial charge in [0.2, 0.25) is 0 Å². The third-order valence-corrected chi connectivity index (χ3v) is 0.896. The minimum Gasteiger partial charge on any atom is -0.372 e.